The largest absolute Gasteiger partial charge is 0.453 e. The number of carbonyl (C=O) groups is 1. The Bertz CT molecular complexity index is 1060. The highest BCUT2D eigenvalue weighted by molar-refractivity contribution is 7.15. The van der Waals surface area contributed by atoms with Gasteiger partial charge in [0.2, 0.25) is 11.0 Å². The van der Waals surface area contributed by atoms with Gasteiger partial charge in [-0.05, 0) is 31.4 Å². The molecule has 0 aromatic carbocycles. The summed E-state index contributed by atoms with van der Waals surface area (Å²) in [6, 6.07) is 3.07. The van der Waals surface area contributed by atoms with Crippen LogP contribution in [0.15, 0.2) is 12.1 Å². The zero-order chi connectivity index (χ0) is 22.0. The van der Waals surface area contributed by atoms with Crippen LogP contribution >= 0.6 is 11.3 Å². The van der Waals surface area contributed by atoms with Crippen LogP contribution in [0.3, 0.4) is 0 Å². The highest BCUT2D eigenvalue weighted by Gasteiger charge is 2.38. The normalized spacial score (nSPS) is 15.5. The number of aromatic nitrogens is 6. The second-order valence-corrected chi connectivity index (χ2v) is 8.40. The molecule has 0 radical (unpaired) electrons. The average molecular weight is 454 g/mol. The maximum absolute atomic E-state index is 13.1. The number of piperidine rings is 1. The summed E-state index contributed by atoms with van der Waals surface area (Å²) in [6.45, 7) is 3.10. The Morgan fingerprint density at radius 3 is 2.68 bits per heavy atom. The van der Waals surface area contributed by atoms with Crippen molar-refractivity contribution in [3.8, 4) is 0 Å². The standard InChI is InChI=1S/C18H21F3N8OS/c1-2-3-4-14-24-26-17(31-14)22-15(30)11-7-9-28(10-8-11)13-6-5-12-23-25-16(18(19,20)21)29(12)27-13/h5-6,11H,2-4,7-10H2,1H3,(H,22,26,30). The number of hydrogen-bond donors (Lipinski definition) is 1. The molecule has 0 bridgehead atoms. The summed E-state index contributed by atoms with van der Waals surface area (Å²) >= 11 is 1.39. The van der Waals surface area contributed by atoms with E-state index in [1.807, 2.05) is 4.90 Å². The van der Waals surface area contributed by atoms with Crippen molar-refractivity contribution >= 4 is 33.8 Å². The van der Waals surface area contributed by atoms with Crippen molar-refractivity contribution in [1.29, 1.82) is 0 Å². The van der Waals surface area contributed by atoms with Crippen molar-refractivity contribution < 1.29 is 18.0 Å². The molecule has 0 atom stereocenters. The van der Waals surface area contributed by atoms with E-state index in [0.717, 1.165) is 24.3 Å². The summed E-state index contributed by atoms with van der Waals surface area (Å²) in [4.78, 5) is 14.4. The van der Waals surface area contributed by atoms with Crippen LogP contribution in [-0.2, 0) is 17.4 Å². The van der Waals surface area contributed by atoms with E-state index < -0.39 is 12.0 Å². The highest BCUT2D eigenvalue weighted by Crippen LogP contribution is 2.29. The monoisotopic (exact) mass is 454 g/mol. The summed E-state index contributed by atoms with van der Waals surface area (Å²) in [5.74, 6) is -1.08. The molecule has 3 aromatic rings. The van der Waals surface area contributed by atoms with Crippen molar-refractivity contribution in [3.05, 3.63) is 23.0 Å². The summed E-state index contributed by atoms with van der Waals surface area (Å²) in [6.07, 6.45) is -0.584. The number of amides is 1. The van der Waals surface area contributed by atoms with Gasteiger partial charge >= 0.3 is 6.18 Å². The molecule has 9 nitrogen and oxygen atoms in total. The highest BCUT2D eigenvalue weighted by atomic mass is 32.1. The molecule has 1 aliphatic heterocycles. The van der Waals surface area contributed by atoms with E-state index in [0.29, 0.717) is 41.4 Å². The molecule has 31 heavy (non-hydrogen) atoms. The van der Waals surface area contributed by atoms with Gasteiger partial charge in [0.25, 0.3) is 5.82 Å². The quantitative estimate of drug-likeness (QED) is 0.610. The number of fused-ring (bicyclic) bond motifs is 1. The number of nitrogens with zero attached hydrogens (tertiary/aromatic N) is 7. The van der Waals surface area contributed by atoms with Crippen LogP contribution < -0.4 is 10.2 Å². The summed E-state index contributed by atoms with van der Waals surface area (Å²) in [5, 5.41) is 23.1. The fourth-order valence-electron chi connectivity index (χ4n) is 3.44. The topological polar surface area (TPSA) is 101 Å². The third-order valence-corrected chi connectivity index (χ3v) is 6.03. The van der Waals surface area contributed by atoms with E-state index >= 15 is 0 Å². The number of anilines is 2. The Balaban J connectivity index is 1.37. The fraction of sp³-hybridized carbons (Fsp3) is 0.556. The predicted octanol–water partition coefficient (Wildman–Crippen LogP) is 3.19. The van der Waals surface area contributed by atoms with Crippen LogP contribution in [0.2, 0.25) is 0 Å². The molecule has 1 N–H and O–H groups in total. The third-order valence-electron chi connectivity index (χ3n) is 5.13. The van der Waals surface area contributed by atoms with Gasteiger partial charge in [-0.15, -0.1) is 25.5 Å². The Morgan fingerprint density at radius 1 is 1.19 bits per heavy atom. The summed E-state index contributed by atoms with van der Waals surface area (Å²) < 4.78 is 39.9. The van der Waals surface area contributed by atoms with Crippen LogP contribution in [0.5, 0.6) is 0 Å². The Morgan fingerprint density at radius 2 is 1.97 bits per heavy atom. The smallest absolute Gasteiger partial charge is 0.355 e. The minimum atomic E-state index is -4.64. The lowest BCUT2D eigenvalue weighted by molar-refractivity contribution is -0.146. The van der Waals surface area contributed by atoms with E-state index in [1.165, 1.54) is 17.4 Å². The number of rotatable bonds is 6. The summed E-state index contributed by atoms with van der Waals surface area (Å²) in [5.41, 5.74) is 0.0284. The number of hydrogen-bond acceptors (Lipinski definition) is 8. The first kappa shape index (κ1) is 21.4. The van der Waals surface area contributed by atoms with Gasteiger partial charge in [-0.2, -0.15) is 17.7 Å². The van der Waals surface area contributed by atoms with Crippen LogP contribution in [0, 0.1) is 5.92 Å². The van der Waals surface area contributed by atoms with E-state index in [4.69, 9.17) is 0 Å². The van der Waals surface area contributed by atoms with E-state index in [1.54, 1.807) is 6.07 Å². The van der Waals surface area contributed by atoms with Crippen molar-refractivity contribution in [3.63, 3.8) is 0 Å². The molecular weight excluding hydrogens is 433 g/mol. The lowest BCUT2D eigenvalue weighted by Crippen LogP contribution is -2.38. The van der Waals surface area contributed by atoms with Gasteiger partial charge in [0, 0.05) is 25.4 Å². The van der Waals surface area contributed by atoms with Gasteiger partial charge in [0.05, 0.1) is 0 Å². The van der Waals surface area contributed by atoms with Crippen LogP contribution in [0.25, 0.3) is 5.65 Å². The molecule has 1 saturated heterocycles. The Labute approximate surface area is 179 Å². The number of halogens is 3. The molecule has 166 valence electrons. The molecule has 0 aliphatic carbocycles. The third kappa shape index (κ3) is 4.75. The van der Waals surface area contributed by atoms with Gasteiger partial charge < -0.3 is 10.2 Å². The number of carbonyl (C=O) groups excluding carboxylic acids is 1. The number of unbranched alkanes of at least 4 members (excludes halogenated alkanes) is 1. The second-order valence-electron chi connectivity index (χ2n) is 7.34. The van der Waals surface area contributed by atoms with Crippen molar-refractivity contribution in [2.75, 3.05) is 23.3 Å². The zero-order valence-corrected chi connectivity index (χ0v) is 17.6. The average Bonchev–Trinajstić information content (AvgIpc) is 3.38. The van der Waals surface area contributed by atoms with Gasteiger partial charge in [-0.3, -0.25) is 4.79 Å². The molecular formula is C18H21F3N8OS. The first-order chi connectivity index (χ1) is 14.8. The molecule has 1 aliphatic rings. The van der Waals surface area contributed by atoms with Crippen LogP contribution in [0.4, 0.5) is 24.1 Å². The molecule has 0 unspecified atom stereocenters. The number of nitrogens with one attached hydrogen (secondary N) is 1. The molecule has 13 heteroatoms. The van der Waals surface area contributed by atoms with Crippen LogP contribution in [-0.4, -0.2) is 49.0 Å². The maximum atomic E-state index is 13.1. The molecule has 1 fully saturated rings. The van der Waals surface area contributed by atoms with Gasteiger partial charge in [-0.1, -0.05) is 24.7 Å². The van der Waals surface area contributed by atoms with Gasteiger partial charge in [0.1, 0.15) is 10.8 Å². The number of alkyl halides is 3. The second kappa shape index (κ2) is 8.73. The predicted molar refractivity (Wildman–Crippen MR) is 108 cm³/mol. The molecule has 4 rings (SSSR count). The lowest BCUT2D eigenvalue weighted by Gasteiger charge is -2.31. The zero-order valence-electron chi connectivity index (χ0n) is 16.8. The molecule has 3 aromatic heterocycles. The summed E-state index contributed by atoms with van der Waals surface area (Å²) in [7, 11) is 0. The molecule has 0 saturated carbocycles. The number of aryl methyl sites for hydroxylation is 1. The van der Waals surface area contributed by atoms with Crippen molar-refractivity contribution in [1.82, 2.24) is 30.0 Å². The minimum Gasteiger partial charge on any atom is -0.355 e. The van der Waals surface area contributed by atoms with Gasteiger partial charge in [0.15, 0.2) is 5.65 Å². The Kier molecular flexibility index (Phi) is 6.03. The van der Waals surface area contributed by atoms with Gasteiger partial charge in [-0.25, -0.2) is 0 Å². The lowest BCUT2D eigenvalue weighted by atomic mass is 9.96. The molecule has 0 spiro atoms. The first-order valence-electron chi connectivity index (χ1n) is 10.0. The molecule has 1 amide bonds. The molecule has 4 heterocycles. The maximum Gasteiger partial charge on any atom is 0.453 e. The van der Waals surface area contributed by atoms with Crippen molar-refractivity contribution in [2.45, 2.75) is 45.2 Å². The van der Waals surface area contributed by atoms with E-state index in [9.17, 15) is 18.0 Å². The SMILES string of the molecule is CCCCc1nnc(NC(=O)C2CCN(c3ccc4nnc(C(F)(F)F)n4n3)CC2)s1. The van der Waals surface area contributed by atoms with E-state index in [-0.39, 0.29) is 17.5 Å². The van der Waals surface area contributed by atoms with Crippen LogP contribution in [0.1, 0.15) is 43.4 Å². The fourth-order valence-corrected chi connectivity index (χ4v) is 4.22. The van der Waals surface area contributed by atoms with E-state index in [2.05, 4.69) is 37.7 Å². The van der Waals surface area contributed by atoms with Crippen molar-refractivity contribution in [2.24, 2.45) is 5.92 Å². The first-order valence-corrected chi connectivity index (χ1v) is 10.8. The Hall–Kier alpha value is -2.83. The minimum absolute atomic E-state index is 0.0284.